The second-order valence-corrected chi connectivity index (χ2v) is 5.95. The number of amidine groups is 1. The monoisotopic (exact) mass is 293 g/mol. The predicted octanol–water partition coefficient (Wildman–Crippen LogP) is 3.07. The van der Waals surface area contributed by atoms with Crippen molar-refractivity contribution in [3.05, 3.63) is 24.3 Å². The Morgan fingerprint density at radius 1 is 1.29 bits per heavy atom. The van der Waals surface area contributed by atoms with Crippen molar-refractivity contribution in [3.63, 3.8) is 0 Å². The summed E-state index contributed by atoms with van der Waals surface area (Å²) in [4.78, 5) is 2.22. The number of rotatable bonds is 8. The van der Waals surface area contributed by atoms with Crippen LogP contribution in [0.5, 0.6) is 5.75 Å². The zero-order valence-electron chi connectivity index (χ0n) is 13.5. The fourth-order valence-electron chi connectivity index (χ4n) is 2.15. The molecule has 0 radical (unpaired) electrons. The van der Waals surface area contributed by atoms with E-state index < -0.39 is 0 Å². The van der Waals surface area contributed by atoms with Crippen LogP contribution in [0.2, 0.25) is 0 Å². The summed E-state index contributed by atoms with van der Waals surface area (Å²) in [6.07, 6.45) is 2.99. The first-order valence-corrected chi connectivity index (χ1v) is 7.24. The van der Waals surface area contributed by atoms with Crippen LogP contribution >= 0.6 is 0 Å². The van der Waals surface area contributed by atoms with Crippen LogP contribution in [0.4, 0.5) is 5.69 Å². The SMILES string of the molecule is COc1ccc(N(C)CCCCC(C)(C)/C(N)=N/O)cc1. The molecule has 21 heavy (non-hydrogen) atoms. The highest BCUT2D eigenvalue weighted by Gasteiger charge is 2.22. The summed E-state index contributed by atoms with van der Waals surface area (Å²) >= 11 is 0. The lowest BCUT2D eigenvalue weighted by Gasteiger charge is -2.24. The third-order valence-corrected chi connectivity index (χ3v) is 3.86. The molecule has 0 atom stereocenters. The molecule has 118 valence electrons. The molecule has 5 nitrogen and oxygen atoms in total. The van der Waals surface area contributed by atoms with E-state index in [-0.39, 0.29) is 5.41 Å². The van der Waals surface area contributed by atoms with Crippen LogP contribution in [-0.4, -0.2) is 31.7 Å². The number of unbranched alkanes of at least 4 members (excludes halogenated alkanes) is 1. The lowest BCUT2D eigenvalue weighted by Crippen LogP contribution is -2.32. The minimum atomic E-state index is -0.257. The van der Waals surface area contributed by atoms with Gasteiger partial charge >= 0.3 is 0 Å². The van der Waals surface area contributed by atoms with Crippen molar-refractivity contribution in [1.29, 1.82) is 0 Å². The Balaban J connectivity index is 2.38. The Morgan fingerprint density at radius 2 is 1.90 bits per heavy atom. The molecule has 1 aromatic rings. The number of nitrogens with zero attached hydrogens (tertiary/aromatic N) is 2. The summed E-state index contributed by atoms with van der Waals surface area (Å²) in [5.74, 6) is 1.17. The topological polar surface area (TPSA) is 71.1 Å². The molecule has 0 saturated heterocycles. The molecule has 5 heteroatoms. The van der Waals surface area contributed by atoms with Crippen LogP contribution in [0.25, 0.3) is 0 Å². The Kier molecular flexibility index (Phi) is 6.34. The number of nitrogens with two attached hydrogens (primary N) is 1. The van der Waals surface area contributed by atoms with Gasteiger partial charge in [0.25, 0.3) is 0 Å². The van der Waals surface area contributed by atoms with Crippen molar-refractivity contribution < 1.29 is 9.94 Å². The molecule has 0 heterocycles. The van der Waals surface area contributed by atoms with E-state index in [0.717, 1.165) is 31.6 Å². The van der Waals surface area contributed by atoms with Crippen LogP contribution in [0.15, 0.2) is 29.4 Å². The zero-order valence-corrected chi connectivity index (χ0v) is 13.5. The van der Waals surface area contributed by atoms with Crippen molar-refractivity contribution >= 4 is 11.5 Å². The summed E-state index contributed by atoms with van der Waals surface area (Å²) < 4.78 is 5.16. The first kappa shape index (κ1) is 17.1. The molecule has 0 fully saturated rings. The molecular weight excluding hydrogens is 266 g/mol. The average molecular weight is 293 g/mol. The zero-order chi connectivity index (χ0) is 15.9. The number of benzene rings is 1. The maximum Gasteiger partial charge on any atom is 0.144 e. The van der Waals surface area contributed by atoms with Gasteiger partial charge in [0.1, 0.15) is 11.6 Å². The standard InChI is InChI=1S/C16H27N3O2/c1-16(2,15(17)18-20)11-5-6-12-19(3)13-7-9-14(21-4)10-8-13/h7-10,20H,5-6,11-12H2,1-4H3,(H2,17,18). The largest absolute Gasteiger partial charge is 0.497 e. The summed E-state index contributed by atoms with van der Waals surface area (Å²) in [7, 11) is 3.75. The van der Waals surface area contributed by atoms with Gasteiger partial charge in [0.15, 0.2) is 0 Å². The Morgan fingerprint density at radius 3 is 2.43 bits per heavy atom. The highest BCUT2D eigenvalue weighted by molar-refractivity contribution is 5.85. The fraction of sp³-hybridized carbons (Fsp3) is 0.562. The van der Waals surface area contributed by atoms with Crippen molar-refractivity contribution in [1.82, 2.24) is 0 Å². The minimum Gasteiger partial charge on any atom is -0.497 e. The normalized spacial score (nSPS) is 12.3. The van der Waals surface area contributed by atoms with E-state index in [1.807, 2.05) is 26.0 Å². The van der Waals surface area contributed by atoms with E-state index in [1.54, 1.807) is 7.11 Å². The minimum absolute atomic E-state index is 0.257. The quantitative estimate of drug-likeness (QED) is 0.254. The van der Waals surface area contributed by atoms with Gasteiger partial charge in [-0.25, -0.2) is 0 Å². The molecule has 0 aliphatic heterocycles. The van der Waals surface area contributed by atoms with Crippen molar-refractivity contribution in [2.24, 2.45) is 16.3 Å². The number of oxime groups is 1. The van der Waals surface area contributed by atoms with Gasteiger partial charge in [0.2, 0.25) is 0 Å². The third-order valence-electron chi connectivity index (χ3n) is 3.86. The van der Waals surface area contributed by atoms with Crippen LogP contribution in [0.1, 0.15) is 33.1 Å². The van der Waals surface area contributed by atoms with Crippen molar-refractivity contribution in [2.45, 2.75) is 33.1 Å². The first-order chi connectivity index (χ1) is 9.90. The molecule has 0 aliphatic rings. The van der Waals surface area contributed by atoms with Gasteiger partial charge in [-0.05, 0) is 37.1 Å². The smallest absolute Gasteiger partial charge is 0.144 e. The molecular formula is C16H27N3O2. The molecule has 0 aromatic heterocycles. The van der Waals surface area contributed by atoms with E-state index in [4.69, 9.17) is 15.7 Å². The van der Waals surface area contributed by atoms with Gasteiger partial charge in [-0.3, -0.25) is 0 Å². The van der Waals surface area contributed by atoms with E-state index in [9.17, 15) is 0 Å². The van der Waals surface area contributed by atoms with Crippen LogP contribution < -0.4 is 15.4 Å². The highest BCUT2D eigenvalue weighted by atomic mass is 16.5. The summed E-state index contributed by atoms with van der Waals surface area (Å²) in [5, 5.41) is 11.9. The average Bonchev–Trinajstić information content (AvgIpc) is 2.50. The van der Waals surface area contributed by atoms with Crippen LogP contribution in [-0.2, 0) is 0 Å². The molecule has 0 bridgehead atoms. The van der Waals surface area contributed by atoms with E-state index in [1.165, 1.54) is 5.69 Å². The second-order valence-electron chi connectivity index (χ2n) is 5.95. The number of hydrogen-bond acceptors (Lipinski definition) is 4. The van der Waals surface area contributed by atoms with Gasteiger partial charge in [0.05, 0.1) is 7.11 Å². The Hall–Kier alpha value is -1.91. The Bertz CT molecular complexity index is 455. The van der Waals surface area contributed by atoms with Gasteiger partial charge < -0.3 is 20.6 Å². The molecule has 1 aromatic carbocycles. The molecule has 0 unspecified atom stereocenters. The number of anilines is 1. The summed E-state index contributed by atoms with van der Waals surface area (Å²) in [5.41, 5.74) is 6.61. The van der Waals surface area contributed by atoms with E-state index >= 15 is 0 Å². The maximum atomic E-state index is 8.75. The van der Waals surface area contributed by atoms with E-state index in [2.05, 4.69) is 29.2 Å². The summed E-state index contributed by atoms with van der Waals surface area (Å²) in [6, 6.07) is 8.04. The van der Waals surface area contributed by atoms with Crippen molar-refractivity contribution in [3.8, 4) is 5.75 Å². The lowest BCUT2D eigenvalue weighted by atomic mass is 9.86. The summed E-state index contributed by atoms with van der Waals surface area (Å²) in [6.45, 7) is 4.96. The number of methoxy groups -OCH3 is 1. The van der Waals surface area contributed by atoms with Crippen molar-refractivity contribution in [2.75, 3.05) is 25.6 Å². The molecule has 1 rings (SSSR count). The first-order valence-electron chi connectivity index (χ1n) is 7.24. The van der Waals surface area contributed by atoms with Gasteiger partial charge in [-0.1, -0.05) is 25.4 Å². The van der Waals surface area contributed by atoms with E-state index in [0.29, 0.717) is 5.84 Å². The van der Waals surface area contributed by atoms with Gasteiger partial charge in [-0.15, -0.1) is 0 Å². The maximum absolute atomic E-state index is 8.75. The van der Waals surface area contributed by atoms with Crippen LogP contribution in [0, 0.1) is 5.41 Å². The fourth-order valence-corrected chi connectivity index (χ4v) is 2.15. The third kappa shape index (κ3) is 5.17. The van der Waals surface area contributed by atoms with Crippen LogP contribution in [0.3, 0.4) is 0 Å². The molecule has 0 amide bonds. The second kappa shape index (κ2) is 7.76. The number of ether oxygens (including phenoxy) is 1. The number of hydrogen-bond donors (Lipinski definition) is 2. The Labute approximate surface area is 127 Å². The molecule has 0 spiro atoms. The molecule has 3 N–H and O–H groups in total. The lowest BCUT2D eigenvalue weighted by molar-refractivity contribution is 0.304. The van der Waals surface area contributed by atoms with Gasteiger partial charge in [0, 0.05) is 24.7 Å². The molecule has 0 aliphatic carbocycles. The highest BCUT2D eigenvalue weighted by Crippen LogP contribution is 2.24. The predicted molar refractivity (Wildman–Crippen MR) is 87.3 cm³/mol. The molecule has 0 saturated carbocycles. The van der Waals surface area contributed by atoms with Gasteiger partial charge in [-0.2, -0.15) is 0 Å².